The minimum atomic E-state index is -3.59. The number of fused-ring (bicyclic) bond motifs is 2. The van der Waals surface area contributed by atoms with Gasteiger partial charge in [-0.1, -0.05) is 12.5 Å². The zero-order valence-electron chi connectivity index (χ0n) is 20.5. The summed E-state index contributed by atoms with van der Waals surface area (Å²) < 4.78 is 44.3. The molecule has 36 heavy (non-hydrogen) atoms. The highest BCUT2D eigenvalue weighted by molar-refractivity contribution is 7.89. The van der Waals surface area contributed by atoms with Crippen molar-refractivity contribution in [2.24, 2.45) is 5.41 Å². The number of benzene rings is 2. The molecule has 6 rings (SSSR count). The van der Waals surface area contributed by atoms with Gasteiger partial charge in [0.05, 0.1) is 22.5 Å². The first kappa shape index (κ1) is 23.4. The average Bonchev–Trinajstić information content (AvgIpc) is 3.58. The number of rotatable bonds is 5. The average molecular weight is 507 g/mol. The van der Waals surface area contributed by atoms with Crippen molar-refractivity contribution in [1.29, 1.82) is 0 Å². The van der Waals surface area contributed by atoms with Gasteiger partial charge in [-0.2, -0.15) is 9.40 Å². The standard InChI is InChI=1S/C28H31FN4O2S/c1-2-28-18-21-19-30-33(25-7-5-23(29)6-8-25)27(21)17-22(28)13-16-32(20-28)36(34,35)26-11-9-24(10-12-26)31-14-3-4-15-31/h5-12,17,19H,2-4,13-16,18,20H2,1H3/t28-/m1/s1. The molecule has 188 valence electrons. The van der Waals surface area contributed by atoms with Crippen LogP contribution in [0.25, 0.3) is 11.8 Å². The molecule has 1 aliphatic carbocycles. The number of anilines is 1. The Morgan fingerprint density at radius 2 is 1.67 bits per heavy atom. The molecular weight excluding hydrogens is 475 g/mol. The van der Waals surface area contributed by atoms with Gasteiger partial charge in [0.1, 0.15) is 5.82 Å². The summed E-state index contributed by atoms with van der Waals surface area (Å²) in [7, 11) is -3.59. The summed E-state index contributed by atoms with van der Waals surface area (Å²) in [6, 6.07) is 13.8. The van der Waals surface area contributed by atoms with E-state index < -0.39 is 10.0 Å². The maximum absolute atomic E-state index is 13.7. The molecule has 3 aromatic rings. The van der Waals surface area contributed by atoms with E-state index in [1.165, 1.54) is 30.5 Å². The van der Waals surface area contributed by atoms with Gasteiger partial charge in [0.2, 0.25) is 10.0 Å². The van der Waals surface area contributed by atoms with Crippen LogP contribution < -0.4 is 4.90 Å². The van der Waals surface area contributed by atoms with Crippen LogP contribution in [-0.4, -0.2) is 48.7 Å². The van der Waals surface area contributed by atoms with Crippen LogP contribution in [0, 0.1) is 11.2 Å². The predicted octanol–water partition coefficient (Wildman–Crippen LogP) is 5.04. The van der Waals surface area contributed by atoms with E-state index in [2.05, 4.69) is 23.0 Å². The minimum absolute atomic E-state index is 0.246. The predicted molar refractivity (Wildman–Crippen MR) is 139 cm³/mol. The van der Waals surface area contributed by atoms with E-state index in [1.54, 1.807) is 28.6 Å². The number of sulfonamides is 1. The lowest BCUT2D eigenvalue weighted by molar-refractivity contribution is 0.204. The highest BCUT2D eigenvalue weighted by atomic mass is 32.2. The van der Waals surface area contributed by atoms with Crippen LogP contribution in [0.5, 0.6) is 0 Å². The van der Waals surface area contributed by atoms with Crippen molar-refractivity contribution in [3.8, 4) is 5.69 Å². The van der Waals surface area contributed by atoms with Crippen molar-refractivity contribution in [2.45, 2.75) is 43.9 Å². The number of halogens is 1. The Labute approximate surface area is 212 Å². The molecule has 0 unspecified atom stereocenters. The summed E-state index contributed by atoms with van der Waals surface area (Å²) in [4.78, 5) is 2.68. The second-order valence-electron chi connectivity index (χ2n) is 10.2. The zero-order chi connectivity index (χ0) is 24.9. The summed E-state index contributed by atoms with van der Waals surface area (Å²) in [5.41, 5.74) is 5.05. The minimum Gasteiger partial charge on any atom is -0.372 e. The topological polar surface area (TPSA) is 58.4 Å². The fourth-order valence-corrected chi connectivity index (χ4v) is 7.57. The highest BCUT2D eigenvalue weighted by Crippen LogP contribution is 2.47. The maximum atomic E-state index is 13.7. The molecule has 1 aromatic heterocycles. The van der Waals surface area contributed by atoms with Crippen LogP contribution in [0.3, 0.4) is 0 Å². The molecule has 2 saturated heterocycles. The molecule has 3 aliphatic rings. The third kappa shape index (κ3) is 3.87. The van der Waals surface area contributed by atoms with Crippen molar-refractivity contribution >= 4 is 21.8 Å². The van der Waals surface area contributed by atoms with Gasteiger partial charge < -0.3 is 4.90 Å². The number of aromatic nitrogens is 2. The first-order chi connectivity index (χ1) is 17.4. The molecule has 2 aromatic carbocycles. The van der Waals surface area contributed by atoms with Crippen LogP contribution >= 0.6 is 0 Å². The van der Waals surface area contributed by atoms with Crippen molar-refractivity contribution in [1.82, 2.24) is 14.1 Å². The molecule has 0 N–H and O–H groups in total. The number of hydrogen-bond donors (Lipinski definition) is 0. The SMILES string of the molecule is CC[C@]12Cc3cnn(-c4ccc(F)cc4)c3C=C1CCN(S(=O)(=O)c1ccc(N3CCCC3)cc1)C2. The van der Waals surface area contributed by atoms with Gasteiger partial charge in [0.25, 0.3) is 0 Å². The smallest absolute Gasteiger partial charge is 0.243 e. The van der Waals surface area contributed by atoms with Crippen molar-refractivity contribution in [3.05, 3.63) is 77.4 Å². The Balaban J connectivity index is 1.27. The van der Waals surface area contributed by atoms with Crippen LogP contribution in [0.2, 0.25) is 0 Å². The van der Waals surface area contributed by atoms with Crippen LogP contribution in [-0.2, 0) is 16.4 Å². The Morgan fingerprint density at radius 3 is 2.36 bits per heavy atom. The molecular formula is C28H31FN4O2S. The van der Waals surface area contributed by atoms with Gasteiger partial charge in [0.15, 0.2) is 0 Å². The highest BCUT2D eigenvalue weighted by Gasteiger charge is 2.44. The normalized spacial score (nSPS) is 22.3. The van der Waals surface area contributed by atoms with E-state index in [0.717, 1.165) is 48.6 Å². The van der Waals surface area contributed by atoms with Crippen LogP contribution in [0.4, 0.5) is 10.1 Å². The lowest BCUT2D eigenvalue weighted by Crippen LogP contribution is -2.49. The Hall–Kier alpha value is -2.97. The number of hydrogen-bond acceptors (Lipinski definition) is 4. The Bertz CT molecular complexity index is 1410. The molecule has 8 heteroatoms. The lowest BCUT2D eigenvalue weighted by Gasteiger charge is -2.45. The van der Waals surface area contributed by atoms with E-state index >= 15 is 0 Å². The van der Waals surface area contributed by atoms with E-state index in [1.807, 2.05) is 23.0 Å². The fraction of sp³-hybridized carbons (Fsp3) is 0.393. The van der Waals surface area contributed by atoms with Gasteiger partial charge in [-0.15, -0.1) is 0 Å². The van der Waals surface area contributed by atoms with E-state index in [4.69, 9.17) is 0 Å². The van der Waals surface area contributed by atoms with Gasteiger partial charge in [-0.25, -0.2) is 17.5 Å². The van der Waals surface area contributed by atoms with Crippen LogP contribution in [0.15, 0.2) is 65.2 Å². The second-order valence-corrected chi connectivity index (χ2v) is 12.1. The first-order valence-electron chi connectivity index (χ1n) is 12.8. The van der Waals surface area contributed by atoms with Crippen LogP contribution in [0.1, 0.15) is 43.9 Å². The second kappa shape index (κ2) is 8.85. The quantitative estimate of drug-likeness (QED) is 0.486. The summed E-state index contributed by atoms with van der Waals surface area (Å²) in [6.07, 6.45) is 8.71. The molecule has 0 amide bonds. The summed E-state index contributed by atoms with van der Waals surface area (Å²) in [5.74, 6) is -0.276. The van der Waals surface area contributed by atoms with E-state index in [9.17, 15) is 12.8 Å². The first-order valence-corrected chi connectivity index (χ1v) is 14.2. The van der Waals surface area contributed by atoms with Crippen molar-refractivity contribution < 1.29 is 12.8 Å². The van der Waals surface area contributed by atoms with E-state index in [-0.39, 0.29) is 11.2 Å². The fourth-order valence-electron chi connectivity index (χ4n) is 6.05. The molecule has 2 aliphatic heterocycles. The maximum Gasteiger partial charge on any atom is 0.243 e. The number of piperidine rings is 1. The van der Waals surface area contributed by atoms with Gasteiger partial charge >= 0.3 is 0 Å². The molecule has 6 nitrogen and oxygen atoms in total. The zero-order valence-corrected chi connectivity index (χ0v) is 21.3. The monoisotopic (exact) mass is 506 g/mol. The van der Waals surface area contributed by atoms with Gasteiger partial charge in [-0.3, -0.25) is 0 Å². The summed E-state index contributed by atoms with van der Waals surface area (Å²) >= 11 is 0. The Kier molecular flexibility index (Phi) is 5.76. The molecule has 2 fully saturated rings. The summed E-state index contributed by atoms with van der Waals surface area (Å²) in [5, 5.41) is 4.59. The lowest BCUT2D eigenvalue weighted by atomic mass is 9.67. The molecule has 0 bridgehead atoms. The third-order valence-electron chi connectivity index (χ3n) is 8.21. The van der Waals surface area contributed by atoms with E-state index in [0.29, 0.717) is 24.4 Å². The van der Waals surface area contributed by atoms with Gasteiger partial charge in [-0.05, 0) is 92.3 Å². The third-order valence-corrected chi connectivity index (χ3v) is 10.1. The number of nitrogens with zero attached hydrogens (tertiary/aromatic N) is 4. The molecule has 1 atom stereocenters. The molecule has 0 spiro atoms. The Morgan fingerprint density at radius 1 is 0.972 bits per heavy atom. The van der Waals surface area contributed by atoms with Crippen molar-refractivity contribution in [3.63, 3.8) is 0 Å². The molecule has 0 saturated carbocycles. The molecule has 3 heterocycles. The molecule has 0 radical (unpaired) electrons. The summed E-state index contributed by atoms with van der Waals surface area (Å²) in [6.45, 7) is 5.14. The van der Waals surface area contributed by atoms with Gasteiger partial charge in [0, 0.05) is 37.3 Å². The van der Waals surface area contributed by atoms with Crippen molar-refractivity contribution in [2.75, 3.05) is 31.1 Å². The largest absolute Gasteiger partial charge is 0.372 e.